The van der Waals surface area contributed by atoms with Crippen molar-refractivity contribution in [3.05, 3.63) is 71.9 Å². The fourth-order valence-corrected chi connectivity index (χ4v) is 3.64. The molecule has 0 aliphatic carbocycles. The first-order valence-corrected chi connectivity index (χ1v) is 8.43. The van der Waals surface area contributed by atoms with E-state index in [4.69, 9.17) is 0 Å². The molecule has 0 aliphatic rings. The molecule has 4 nitrogen and oxygen atoms in total. The van der Waals surface area contributed by atoms with E-state index < -0.39 is 10.0 Å². The molecule has 0 bridgehead atoms. The molecule has 3 rings (SSSR count). The van der Waals surface area contributed by atoms with Gasteiger partial charge in [0, 0.05) is 18.1 Å². The molecule has 1 N–H and O–H groups in total. The second-order valence-corrected chi connectivity index (χ2v) is 6.88. The topological polar surface area (TPSA) is 59.1 Å². The first-order chi connectivity index (χ1) is 10.6. The number of sulfonamides is 1. The SMILES string of the molecule is Cc1cc(S(=O)(=O)NCc2ccccc2)c2ncccc2c1. The maximum absolute atomic E-state index is 12.6. The Bertz CT molecular complexity index is 906. The lowest BCUT2D eigenvalue weighted by Crippen LogP contribution is -2.23. The van der Waals surface area contributed by atoms with Gasteiger partial charge < -0.3 is 0 Å². The molecule has 112 valence electrons. The maximum atomic E-state index is 12.6. The van der Waals surface area contributed by atoms with Gasteiger partial charge in [0.25, 0.3) is 0 Å². The Morgan fingerprint density at radius 3 is 2.59 bits per heavy atom. The number of rotatable bonds is 4. The lowest BCUT2D eigenvalue weighted by atomic mass is 10.1. The van der Waals surface area contributed by atoms with Gasteiger partial charge >= 0.3 is 0 Å². The van der Waals surface area contributed by atoms with Crippen molar-refractivity contribution in [2.75, 3.05) is 0 Å². The molecule has 2 aromatic carbocycles. The zero-order valence-corrected chi connectivity index (χ0v) is 13.0. The van der Waals surface area contributed by atoms with Gasteiger partial charge in [0.15, 0.2) is 0 Å². The van der Waals surface area contributed by atoms with Crippen LogP contribution < -0.4 is 4.72 Å². The monoisotopic (exact) mass is 312 g/mol. The van der Waals surface area contributed by atoms with Crippen LogP contribution in [-0.2, 0) is 16.6 Å². The summed E-state index contributed by atoms with van der Waals surface area (Å²) < 4.78 is 27.9. The molecule has 0 unspecified atom stereocenters. The summed E-state index contributed by atoms with van der Waals surface area (Å²) in [7, 11) is -3.62. The number of hydrogen-bond acceptors (Lipinski definition) is 3. The summed E-state index contributed by atoms with van der Waals surface area (Å²) >= 11 is 0. The lowest BCUT2D eigenvalue weighted by molar-refractivity contribution is 0.582. The fourth-order valence-electron chi connectivity index (χ4n) is 2.36. The van der Waals surface area contributed by atoms with Gasteiger partial charge in [0.05, 0.1) is 5.52 Å². The van der Waals surface area contributed by atoms with Crippen LogP contribution in [0, 0.1) is 6.92 Å². The van der Waals surface area contributed by atoms with E-state index >= 15 is 0 Å². The molecule has 0 fully saturated rings. The quantitative estimate of drug-likeness (QED) is 0.805. The molecule has 0 atom stereocenters. The van der Waals surface area contributed by atoms with Crippen LogP contribution in [0.3, 0.4) is 0 Å². The zero-order valence-electron chi connectivity index (χ0n) is 12.2. The van der Waals surface area contributed by atoms with Gasteiger partial charge in [-0.05, 0) is 36.2 Å². The second kappa shape index (κ2) is 5.87. The highest BCUT2D eigenvalue weighted by molar-refractivity contribution is 7.89. The number of hydrogen-bond donors (Lipinski definition) is 1. The minimum Gasteiger partial charge on any atom is -0.255 e. The molecular weight excluding hydrogens is 296 g/mol. The molecule has 0 saturated heterocycles. The van der Waals surface area contributed by atoms with Crippen molar-refractivity contribution in [2.24, 2.45) is 0 Å². The molecule has 0 aliphatic heterocycles. The third-order valence-corrected chi connectivity index (χ3v) is 4.83. The van der Waals surface area contributed by atoms with Gasteiger partial charge in [-0.25, -0.2) is 13.1 Å². The van der Waals surface area contributed by atoms with Crippen molar-refractivity contribution in [2.45, 2.75) is 18.4 Å². The van der Waals surface area contributed by atoms with Crippen LogP contribution in [0.1, 0.15) is 11.1 Å². The summed E-state index contributed by atoms with van der Waals surface area (Å²) in [6.07, 6.45) is 1.61. The highest BCUT2D eigenvalue weighted by Crippen LogP contribution is 2.23. The van der Waals surface area contributed by atoms with Gasteiger partial charge in [-0.3, -0.25) is 4.98 Å². The summed E-state index contributed by atoms with van der Waals surface area (Å²) in [5.41, 5.74) is 2.30. The smallest absolute Gasteiger partial charge is 0.243 e. The van der Waals surface area contributed by atoms with E-state index in [1.165, 1.54) is 0 Å². The fraction of sp³-hybridized carbons (Fsp3) is 0.118. The Labute approximate surface area is 129 Å². The minimum absolute atomic E-state index is 0.221. The van der Waals surface area contributed by atoms with E-state index in [-0.39, 0.29) is 11.4 Å². The van der Waals surface area contributed by atoms with Crippen LogP contribution in [0.4, 0.5) is 0 Å². The van der Waals surface area contributed by atoms with E-state index in [9.17, 15) is 8.42 Å². The highest BCUT2D eigenvalue weighted by Gasteiger charge is 2.18. The Morgan fingerprint density at radius 1 is 1.05 bits per heavy atom. The number of fused-ring (bicyclic) bond motifs is 1. The highest BCUT2D eigenvalue weighted by atomic mass is 32.2. The summed E-state index contributed by atoms with van der Waals surface area (Å²) in [6, 6.07) is 16.7. The first kappa shape index (κ1) is 14.7. The number of aryl methyl sites for hydroxylation is 1. The van der Waals surface area contributed by atoms with Crippen molar-refractivity contribution < 1.29 is 8.42 Å². The van der Waals surface area contributed by atoms with Crippen molar-refractivity contribution in [1.82, 2.24) is 9.71 Å². The number of benzene rings is 2. The van der Waals surface area contributed by atoms with Gasteiger partial charge in [0.1, 0.15) is 4.90 Å². The summed E-state index contributed by atoms with van der Waals surface area (Å²) in [4.78, 5) is 4.45. The van der Waals surface area contributed by atoms with Gasteiger partial charge in [-0.1, -0.05) is 36.4 Å². The largest absolute Gasteiger partial charge is 0.255 e. The predicted molar refractivity (Wildman–Crippen MR) is 86.9 cm³/mol. The Kier molecular flexibility index (Phi) is 3.92. The normalized spacial score (nSPS) is 11.7. The predicted octanol–water partition coefficient (Wildman–Crippen LogP) is 3.02. The Morgan fingerprint density at radius 2 is 1.82 bits per heavy atom. The van der Waals surface area contributed by atoms with E-state index in [1.807, 2.05) is 49.4 Å². The summed E-state index contributed by atoms with van der Waals surface area (Å²) in [5, 5.41) is 0.822. The first-order valence-electron chi connectivity index (χ1n) is 6.95. The van der Waals surface area contributed by atoms with Crippen molar-refractivity contribution in [3.8, 4) is 0 Å². The third kappa shape index (κ3) is 3.00. The molecule has 5 heteroatoms. The average molecular weight is 312 g/mol. The van der Waals surface area contributed by atoms with Crippen LogP contribution in [0.5, 0.6) is 0 Å². The van der Waals surface area contributed by atoms with E-state index in [2.05, 4.69) is 9.71 Å². The third-order valence-electron chi connectivity index (χ3n) is 3.41. The lowest BCUT2D eigenvalue weighted by Gasteiger charge is -2.10. The average Bonchev–Trinajstić information content (AvgIpc) is 2.53. The molecule has 0 amide bonds. The standard InChI is InChI=1S/C17H16N2O2S/c1-13-10-15-8-5-9-18-17(15)16(11-13)22(20,21)19-12-14-6-3-2-4-7-14/h2-11,19H,12H2,1H3. The van der Waals surface area contributed by atoms with Crippen LogP contribution in [0.2, 0.25) is 0 Å². The van der Waals surface area contributed by atoms with Gasteiger partial charge in [0.2, 0.25) is 10.0 Å². The molecule has 0 spiro atoms. The van der Waals surface area contributed by atoms with Crippen molar-refractivity contribution >= 4 is 20.9 Å². The summed E-state index contributed by atoms with van der Waals surface area (Å²) in [5.74, 6) is 0. The Hall–Kier alpha value is -2.24. The number of nitrogens with zero attached hydrogens (tertiary/aromatic N) is 1. The van der Waals surface area contributed by atoms with Crippen molar-refractivity contribution in [1.29, 1.82) is 0 Å². The van der Waals surface area contributed by atoms with Crippen LogP contribution >= 0.6 is 0 Å². The number of aromatic nitrogens is 1. The van der Waals surface area contributed by atoms with Crippen LogP contribution in [-0.4, -0.2) is 13.4 Å². The molecule has 3 aromatic rings. The minimum atomic E-state index is -3.62. The second-order valence-electron chi connectivity index (χ2n) is 5.15. The van der Waals surface area contributed by atoms with Crippen LogP contribution in [0.25, 0.3) is 10.9 Å². The van der Waals surface area contributed by atoms with Gasteiger partial charge in [-0.15, -0.1) is 0 Å². The van der Waals surface area contributed by atoms with E-state index in [1.54, 1.807) is 18.3 Å². The molecule has 1 heterocycles. The molecular formula is C17H16N2O2S. The number of nitrogens with one attached hydrogen (secondary N) is 1. The molecule has 0 radical (unpaired) electrons. The zero-order chi connectivity index (χ0) is 15.6. The Balaban J connectivity index is 1.99. The molecule has 1 aromatic heterocycles. The molecule has 0 saturated carbocycles. The van der Waals surface area contributed by atoms with Crippen molar-refractivity contribution in [3.63, 3.8) is 0 Å². The number of pyridine rings is 1. The summed E-state index contributed by atoms with van der Waals surface area (Å²) in [6.45, 7) is 2.13. The van der Waals surface area contributed by atoms with Crippen LogP contribution in [0.15, 0.2) is 65.7 Å². The van der Waals surface area contributed by atoms with E-state index in [0.717, 1.165) is 16.5 Å². The molecule has 22 heavy (non-hydrogen) atoms. The maximum Gasteiger partial charge on any atom is 0.243 e. The van der Waals surface area contributed by atoms with E-state index in [0.29, 0.717) is 5.52 Å². The van der Waals surface area contributed by atoms with Gasteiger partial charge in [-0.2, -0.15) is 0 Å².